The molecule has 202 valence electrons. The predicted molar refractivity (Wildman–Crippen MR) is 148 cm³/mol. The van der Waals surface area contributed by atoms with Crippen molar-refractivity contribution in [2.24, 2.45) is 0 Å². The molecule has 1 aliphatic rings. The average Bonchev–Trinajstić information content (AvgIpc) is 3.44. The minimum Gasteiger partial charge on any atom is -0.504 e. The summed E-state index contributed by atoms with van der Waals surface area (Å²) in [6, 6.07) is 0. The van der Waals surface area contributed by atoms with Gasteiger partial charge in [0.05, 0.1) is 4.75 Å². The summed E-state index contributed by atoms with van der Waals surface area (Å²) in [5.41, 5.74) is 0. The molecule has 1 rings (SSSR count). The summed E-state index contributed by atoms with van der Waals surface area (Å²) in [6.07, 6.45) is 13.0. The summed E-state index contributed by atoms with van der Waals surface area (Å²) in [5, 5.41) is 0.290. The SMILES string of the molecule is CC(C)(C)[Si](C)(C)OCCCCCCCCCCCCC1(S(=O)(=O)NC(=O)O[Si](C)(C)C)CC1. The summed E-state index contributed by atoms with van der Waals surface area (Å²) < 4.78 is 38.2. The van der Waals surface area contributed by atoms with Gasteiger partial charge in [-0.2, -0.15) is 0 Å². The summed E-state index contributed by atoms with van der Waals surface area (Å²) in [5.74, 6) is 0. The van der Waals surface area contributed by atoms with E-state index >= 15 is 0 Å². The highest BCUT2D eigenvalue weighted by Crippen LogP contribution is 2.47. The number of rotatable bonds is 17. The van der Waals surface area contributed by atoms with Gasteiger partial charge in [0, 0.05) is 6.61 Å². The number of carbonyl (C=O) groups excluding carboxylic acids is 1. The van der Waals surface area contributed by atoms with Crippen molar-refractivity contribution in [2.75, 3.05) is 6.61 Å². The van der Waals surface area contributed by atoms with Crippen molar-refractivity contribution < 1.29 is 22.1 Å². The van der Waals surface area contributed by atoms with E-state index in [1.807, 2.05) is 19.6 Å². The summed E-state index contributed by atoms with van der Waals surface area (Å²) in [6.45, 7) is 18.0. The van der Waals surface area contributed by atoms with Crippen LogP contribution in [-0.2, 0) is 18.9 Å². The molecule has 0 aromatic carbocycles. The van der Waals surface area contributed by atoms with E-state index < -0.39 is 37.5 Å². The van der Waals surface area contributed by atoms with Gasteiger partial charge < -0.3 is 8.85 Å². The van der Waals surface area contributed by atoms with E-state index in [0.717, 1.165) is 25.9 Å². The zero-order valence-electron chi connectivity index (χ0n) is 23.3. The second kappa shape index (κ2) is 13.2. The molecule has 0 aromatic heterocycles. The lowest BCUT2D eigenvalue weighted by Gasteiger charge is -2.36. The topological polar surface area (TPSA) is 81.7 Å². The first kappa shape index (κ1) is 31.6. The number of carbonyl (C=O) groups is 1. The molecule has 0 spiro atoms. The number of unbranched alkanes of at least 4 members (excludes halogenated alkanes) is 9. The van der Waals surface area contributed by atoms with Gasteiger partial charge in [-0.25, -0.2) is 17.9 Å². The zero-order chi connectivity index (χ0) is 26.1. The minimum atomic E-state index is -3.66. The highest BCUT2D eigenvalue weighted by atomic mass is 32.2. The molecule has 0 aromatic rings. The molecule has 34 heavy (non-hydrogen) atoms. The number of hydrogen-bond donors (Lipinski definition) is 1. The number of hydrogen-bond acceptors (Lipinski definition) is 5. The molecule has 0 atom stereocenters. The predicted octanol–water partition coefficient (Wildman–Crippen LogP) is 7.72. The molecule has 1 aliphatic carbocycles. The molecule has 0 unspecified atom stereocenters. The number of nitrogens with one attached hydrogen (secondary N) is 1. The fraction of sp³-hybridized carbons (Fsp3) is 0.960. The van der Waals surface area contributed by atoms with Crippen molar-refractivity contribution in [3.05, 3.63) is 0 Å². The first-order valence-electron chi connectivity index (χ1n) is 13.4. The molecular weight excluding hydrogens is 483 g/mol. The molecule has 0 radical (unpaired) electrons. The number of amides is 1. The average molecular weight is 536 g/mol. The third kappa shape index (κ3) is 11.6. The second-order valence-corrected chi connectivity index (χ2v) is 24.0. The smallest absolute Gasteiger partial charge is 0.407 e. The van der Waals surface area contributed by atoms with Crippen LogP contribution in [0.5, 0.6) is 0 Å². The maximum absolute atomic E-state index is 12.6. The Balaban J connectivity index is 2.05. The van der Waals surface area contributed by atoms with Crippen molar-refractivity contribution in [3.63, 3.8) is 0 Å². The fourth-order valence-corrected chi connectivity index (χ4v) is 7.12. The van der Waals surface area contributed by atoms with Gasteiger partial charge in [0.25, 0.3) is 0 Å². The Kier molecular flexibility index (Phi) is 12.3. The van der Waals surface area contributed by atoms with E-state index in [-0.39, 0.29) is 0 Å². The fourth-order valence-electron chi connectivity index (χ4n) is 3.82. The molecule has 1 N–H and O–H groups in total. The third-order valence-corrected chi connectivity index (χ3v) is 14.8. The lowest BCUT2D eigenvalue weighted by molar-refractivity contribution is 0.205. The van der Waals surface area contributed by atoms with Gasteiger partial charge in [-0.1, -0.05) is 78.6 Å². The highest BCUT2D eigenvalue weighted by molar-refractivity contribution is 7.91. The Morgan fingerprint density at radius 1 is 0.824 bits per heavy atom. The van der Waals surface area contributed by atoms with Crippen molar-refractivity contribution >= 4 is 32.8 Å². The van der Waals surface area contributed by atoms with Crippen molar-refractivity contribution in [1.29, 1.82) is 0 Å². The lowest BCUT2D eigenvalue weighted by Crippen LogP contribution is -2.43. The maximum Gasteiger partial charge on any atom is 0.407 e. The van der Waals surface area contributed by atoms with Crippen LogP contribution in [0.25, 0.3) is 0 Å². The third-order valence-electron chi connectivity index (χ3n) is 7.29. The molecule has 0 aliphatic heterocycles. The van der Waals surface area contributed by atoms with Gasteiger partial charge in [-0.05, 0) is 63.5 Å². The van der Waals surface area contributed by atoms with Crippen molar-refractivity contribution in [2.45, 2.75) is 147 Å². The van der Waals surface area contributed by atoms with Gasteiger partial charge >= 0.3 is 6.09 Å². The second-order valence-electron chi connectivity index (χ2n) is 12.7. The van der Waals surface area contributed by atoms with Gasteiger partial charge in [0.2, 0.25) is 18.3 Å². The van der Waals surface area contributed by atoms with Crippen LogP contribution in [0, 0.1) is 0 Å². The van der Waals surface area contributed by atoms with Gasteiger partial charge in [0.1, 0.15) is 0 Å². The molecule has 0 heterocycles. The molecule has 6 nitrogen and oxygen atoms in total. The molecular formula is C25H53NO5SSi2. The first-order chi connectivity index (χ1) is 15.5. The largest absolute Gasteiger partial charge is 0.504 e. The van der Waals surface area contributed by atoms with E-state index in [4.69, 9.17) is 8.85 Å². The normalized spacial score (nSPS) is 16.4. The molecule has 0 saturated heterocycles. The summed E-state index contributed by atoms with van der Waals surface area (Å²) in [7, 11) is -7.36. The first-order valence-corrected chi connectivity index (χ1v) is 21.2. The van der Waals surface area contributed by atoms with E-state index in [0.29, 0.717) is 24.3 Å². The van der Waals surface area contributed by atoms with Crippen LogP contribution >= 0.6 is 0 Å². The molecule has 0 bridgehead atoms. The Hall–Kier alpha value is -0.386. The molecule has 1 amide bonds. The van der Waals surface area contributed by atoms with E-state index in [2.05, 4.69) is 38.6 Å². The quantitative estimate of drug-likeness (QED) is 0.152. The van der Waals surface area contributed by atoms with E-state index in [1.54, 1.807) is 0 Å². The standard InChI is InChI=1S/C25H53NO5SSi2/c1-24(2,3)34(7,8)30-22-18-16-14-12-10-9-11-13-15-17-19-25(20-21-25)32(28,29)26-23(27)31-33(4,5)6/h9-22H2,1-8H3,(H,26,27). The van der Waals surface area contributed by atoms with Crippen LogP contribution in [0.4, 0.5) is 4.79 Å². The van der Waals surface area contributed by atoms with Crippen molar-refractivity contribution in [1.82, 2.24) is 4.72 Å². The van der Waals surface area contributed by atoms with Crippen LogP contribution in [-0.4, -0.2) is 42.5 Å². The molecule has 9 heteroatoms. The van der Waals surface area contributed by atoms with Crippen LogP contribution in [0.2, 0.25) is 37.8 Å². The van der Waals surface area contributed by atoms with Crippen LogP contribution in [0.15, 0.2) is 0 Å². The minimum absolute atomic E-state index is 0.290. The van der Waals surface area contributed by atoms with Crippen LogP contribution in [0.1, 0.15) is 104 Å². The van der Waals surface area contributed by atoms with Gasteiger partial charge in [-0.3, -0.25) is 0 Å². The number of sulfonamides is 1. The Morgan fingerprint density at radius 2 is 1.26 bits per heavy atom. The van der Waals surface area contributed by atoms with E-state index in [9.17, 15) is 13.2 Å². The Morgan fingerprint density at radius 3 is 1.68 bits per heavy atom. The lowest BCUT2D eigenvalue weighted by atomic mass is 10.0. The highest BCUT2D eigenvalue weighted by Gasteiger charge is 2.54. The molecule has 1 fully saturated rings. The van der Waals surface area contributed by atoms with E-state index in [1.165, 1.54) is 44.9 Å². The maximum atomic E-state index is 12.6. The summed E-state index contributed by atoms with van der Waals surface area (Å²) in [4.78, 5) is 11.9. The van der Waals surface area contributed by atoms with Crippen molar-refractivity contribution in [3.8, 4) is 0 Å². The summed E-state index contributed by atoms with van der Waals surface area (Å²) >= 11 is 0. The van der Waals surface area contributed by atoms with Gasteiger partial charge in [0.15, 0.2) is 8.32 Å². The molecule has 1 saturated carbocycles. The van der Waals surface area contributed by atoms with Crippen LogP contribution < -0.4 is 4.72 Å². The zero-order valence-corrected chi connectivity index (χ0v) is 26.2. The van der Waals surface area contributed by atoms with Gasteiger partial charge in [-0.15, -0.1) is 0 Å². The monoisotopic (exact) mass is 535 g/mol. The van der Waals surface area contributed by atoms with Crippen LogP contribution in [0.3, 0.4) is 0 Å². The Labute approximate surface area is 212 Å². The Bertz CT molecular complexity index is 723.